The van der Waals surface area contributed by atoms with Gasteiger partial charge in [0.2, 0.25) is 11.8 Å². The van der Waals surface area contributed by atoms with Crippen LogP contribution >= 0.6 is 0 Å². The second kappa shape index (κ2) is 8.08. The third kappa shape index (κ3) is 4.55. The Morgan fingerprint density at radius 2 is 2.14 bits per heavy atom. The van der Waals surface area contributed by atoms with Crippen molar-refractivity contribution < 1.29 is 18.7 Å². The van der Waals surface area contributed by atoms with Crippen LogP contribution in [0.15, 0.2) is 22.6 Å². The van der Waals surface area contributed by atoms with E-state index in [1.807, 2.05) is 18.2 Å². The number of amides is 2. The molecule has 8 nitrogen and oxygen atoms in total. The molecule has 1 atom stereocenters. The first kappa shape index (κ1) is 18.6. The van der Waals surface area contributed by atoms with Crippen LogP contribution in [-0.4, -0.2) is 49.6 Å². The summed E-state index contributed by atoms with van der Waals surface area (Å²) in [6.45, 7) is 1.62. The number of methoxy groups -OCH3 is 1. The average molecular weight is 386 g/mol. The molecule has 0 radical (unpaired) electrons. The van der Waals surface area contributed by atoms with Gasteiger partial charge in [0.05, 0.1) is 13.7 Å². The Hall–Kier alpha value is -2.77. The summed E-state index contributed by atoms with van der Waals surface area (Å²) in [5.74, 6) is 0.763. The predicted molar refractivity (Wildman–Crippen MR) is 104 cm³/mol. The van der Waals surface area contributed by atoms with Crippen LogP contribution in [-0.2, 0) is 9.59 Å². The number of hydrogen-bond donors (Lipinski definition) is 2. The Bertz CT molecular complexity index is 861. The van der Waals surface area contributed by atoms with Crippen LogP contribution in [0.1, 0.15) is 32.1 Å². The van der Waals surface area contributed by atoms with Crippen molar-refractivity contribution in [2.24, 2.45) is 5.92 Å². The van der Waals surface area contributed by atoms with E-state index in [2.05, 4.69) is 20.5 Å². The molecule has 1 aromatic heterocycles. The van der Waals surface area contributed by atoms with E-state index < -0.39 is 0 Å². The third-order valence-corrected chi connectivity index (χ3v) is 5.24. The monoisotopic (exact) mass is 386 g/mol. The normalized spacial score (nSPS) is 19.5. The molecule has 2 aliphatic rings. The molecule has 28 heavy (non-hydrogen) atoms. The summed E-state index contributed by atoms with van der Waals surface area (Å²) in [7, 11) is 1.62. The summed E-state index contributed by atoms with van der Waals surface area (Å²) in [6.07, 6.45) is 4.44. The molecule has 1 aliphatic heterocycles. The Morgan fingerprint density at radius 1 is 1.29 bits per heavy atom. The molecular formula is C20H26N4O4. The van der Waals surface area contributed by atoms with E-state index in [9.17, 15) is 9.59 Å². The largest absolute Gasteiger partial charge is 0.497 e. The van der Waals surface area contributed by atoms with Gasteiger partial charge in [0.15, 0.2) is 5.58 Å². The number of oxazole rings is 1. The van der Waals surface area contributed by atoms with Crippen LogP contribution in [0.3, 0.4) is 0 Å². The minimum atomic E-state index is -0.108. The maximum atomic E-state index is 12.2. The lowest BCUT2D eigenvalue weighted by molar-refractivity contribution is -0.126. The highest BCUT2D eigenvalue weighted by molar-refractivity contribution is 5.85. The number of carbonyl (C=O) groups excluding carboxylic acids is 2. The number of aromatic nitrogens is 1. The standard InChI is InChI=1S/C20H26N4O4/c1-27-15-6-7-17-16(10-15)23-20(28-17)24-8-2-3-13(12-24)9-18(25)21-11-19(26)22-14-4-5-14/h6-7,10,13-14H,2-5,8-9,11-12H2,1H3,(H,21,25)(H,22,26). The predicted octanol–water partition coefficient (Wildman–Crippen LogP) is 1.84. The quantitative estimate of drug-likeness (QED) is 0.754. The molecule has 1 aliphatic carbocycles. The zero-order chi connectivity index (χ0) is 19.5. The molecule has 8 heteroatoms. The van der Waals surface area contributed by atoms with E-state index in [0.717, 1.165) is 49.1 Å². The van der Waals surface area contributed by atoms with Gasteiger partial charge in [-0.2, -0.15) is 4.98 Å². The van der Waals surface area contributed by atoms with Crippen molar-refractivity contribution in [1.82, 2.24) is 15.6 Å². The molecule has 2 heterocycles. The first-order valence-electron chi connectivity index (χ1n) is 9.86. The summed E-state index contributed by atoms with van der Waals surface area (Å²) in [5, 5.41) is 5.60. The van der Waals surface area contributed by atoms with E-state index in [1.165, 1.54) is 0 Å². The minimum absolute atomic E-state index is 0.0543. The lowest BCUT2D eigenvalue weighted by atomic mass is 9.94. The first-order chi connectivity index (χ1) is 13.6. The zero-order valence-corrected chi connectivity index (χ0v) is 16.1. The van der Waals surface area contributed by atoms with E-state index in [0.29, 0.717) is 25.0 Å². The number of ether oxygens (including phenoxy) is 1. The molecule has 1 unspecified atom stereocenters. The second-order valence-electron chi connectivity index (χ2n) is 7.61. The average Bonchev–Trinajstić information content (AvgIpc) is 3.40. The summed E-state index contributed by atoms with van der Waals surface area (Å²) in [6, 6.07) is 6.45. The van der Waals surface area contributed by atoms with Crippen molar-refractivity contribution in [3.63, 3.8) is 0 Å². The topological polar surface area (TPSA) is 96.7 Å². The number of hydrogen-bond acceptors (Lipinski definition) is 6. The van der Waals surface area contributed by atoms with Gasteiger partial charge in [-0.3, -0.25) is 9.59 Å². The minimum Gasteiger partial charge on any atom is -0.497 e. The molecule has 1 aromatic carbocycles. The molecule has 4 rings (SSSR count). The zero-order valence-electron chi connectivity index (χ0n) is 16.1. The molecule has 0 bridgehead atoms. The van der Waals surface area contributed by atoms with Gasteiger partial charge in [0.1, 0.15) is 11.3 Å². The lowest BCUT2D eigenvalue weighted by Gasteiger charge is -2.31. The van der Waals surface area contributed by atoms with Crippen LogP contribution in [0, 0.1) is 5.92 Å². The first-order valence-corrected chi connectivity index (χ1v) is 9.86. The molecule has 2 aromatic rings. The fraction of sp³-hybridized carbons (Fsp3) is 0.550. The smallest absolute Gasteiger partial charge is 0.298 e. The van der Waals surface area contributed by atoms with Crippen LogP contribution in [0.2, 0.25) is 0 Å². The van der Waals surface area contributed by atoms with Crippen LogP contribution < -0.4 is 20.3 Å². The van der Waals surface area contributed by atoms with Crippen LogP contribution in [0.25, 0.3) is 11.1 Å². The number of carbonyl (C=O) groups is 2. The van der Waals surface area contributed by atoms with Gasteiger partial charge >= 0.3 is 0 Å². The van der Waals surface area contributed by atoms with Gasteiger partial charge < -0.3 is 24.7 Å². The van der Waals surface area contributed by atoms with Crippen molar-refractivity contribution in [3.05, 3.63) is 18.2 Å². The van der Waals surface area contributed by atoms with Crippen molar-refractivity contribution in [2.45, 2.75) is 38.1 Å². The second-order valence-corrected chi connectivity index (χ2v) is 7.61. The van der Waals surface area contributed by atoms with E-state index >= 15 is 0 Å². The van der Waals surface area contributed by atoms with Crippen LogP contribution in [0.5, 0.6) is 5.75 Å². The van der Waals surface area contributed by atoms with Crippen molar-refractivity contribution in [3.8, 4) is 5.75 Å². The summed E-state index contributed by atoms with van der Waals surface area (Å²) >= 11 is 0. The van der Waals surface area contributed by atoms with Gasteiger partial charge in [0.25, 0.3) is 6.01 Å². The summed E-state index contributed by atoms with van der Waals surface area (Å²) in [4.78, 5) is 30.6. The third-order valence-electron chi connectivity index (χ3n) is 5.24. The Morgan fingerprint density at radius 3 is 2.93 bits per heavy atom. The van der Waals surface area contributed by atoms with Gasteiger partial charge in [-0.25, -0.2) is 0 Å². The lowest BCUT2D eigenvalue weighted by Crippen LogP contribution is -2.41. The number of benzene rings is 1. The van der Waals surface area contributed by atoms with Gasteiger partial charge in [-0.05, 0) is 43.7 Å². The molecule has 2 N–H and O–H groups in total. The fourth-order valence-corrected chi connectivity index (χ4v) is 3.58. The number of fused-ring (bicyclic) bond motifs is 1. The van der Waals surface area contributed by atoms with Gasteiger partial charge in [-0.15, -0.1) is 0 Å². The Kier molecular flexibility index (Phi) is 5.36. The SMILES string of the molecule is COc1ccc2oc(N3CCCC(CC(=O)NCC(=O)NC4CC4)C3)nc2c1. The number of rotatable bonds is 7. The Balaban J connectivity index is 1.31. The van der Waals surface area contributed by atoms with Gasteiger partial charge in [-0.1, -0.05) is 0 Å². The molecular weight excluding hydrogens is 360 g/mol. The van der Waals surface area contributed by atoms with Crippen molar-refractivity contribution in [1.29, 1.82) is 0 Å². The maximum Gasteiger partial charge on any atom is 0.298 e. The molecule has 2 amide bonds. The molecule has 1 saturated carbocycles. The number of nitrogens with one attached hydrogen (secondary N) is 2. The molecule has 1 saturated heterocycles. The number of piperidine rings is 1. The summed E-state index contributed by atoms with van der Waals surface area (Å²) < 4.78 is 11.1. The highest BCUT2D eigenvalue weighted by Gasteiger charge is 2.26. The van der Waals surface area contributed by atoms with Crippen molar-refractivity contribution >= 4 is 28.9 Å². The van der Waals surface area contributed by atoms with Crippen LogP contribution in [0.4, 0.5) is 6.01 Å². The highest BCUT2D eigenvalue weighted by Crippen LogP contribution is 2.29. The molecule has 150 valence electrons. The molecule has 2 fully saturated rings. The van der Waals surface area contributed by atoms with Crippen molar-refractivity contribution in [2.75, 3.05) is 31.6 Å². The number of anilines is 1. The highest BCUT2D eigenvalue weighted by atomic mass is 16.5. The number of nitrogens with zero attached hydrogens (tertiary/aromatic N) is 2. The van der Waals surface area contributed by atoms with Gasteiger partial charge in [0, 0.05) is 31.6 Å². The van der Waals surface area contributed by atoms with E-state index in [-0.39, 0.29) is 24.3 Å². The Labute approximate surface area is 163 Å². The summed E-state index contributed by atoms with van der Waals surface area (Å²) in [5.41, 5.74) is 1.48. The fourth-order valence-electron chi connectivity index (χ4n) is 3.58. The maximum absolute atomic E-state index is 12.2. The van der Waals surface area contributed by atoms with E-state index in [4.69, 9.17) is 9.15 Å². The van der Waals surface area contributed by atoms with E-state index in [1.54, 1.807) is 7.11 Å². The molecule has 0 spiro atoms.